The van der Waals surface area contributed by atoms with Crippen molar-refractivity contribution in [3.8, 4) is 0 Å². The first kappa shape index (κ1) is 26.9. The summed E-state index contributed by atoms with van der Waals surface area (Å²) in [5.74, 6) is 0.0698. The molecule has 3 aromatic rings. The molecule has 2 amide bonds. The highest BCUT2D eigenvalue weighted by Crippen LogP contribution is 2.32. The van der Waals surface area contributed by atoms with E-state index in [9.17, 15) is 14.4 Å². The average Bonchev–Trinajstić information content (AvgIpc) is 3.57. The number of fused-ring (bicyclic) bond motifs is 2. The molecule has 0 radical (unpaired) electrons. The Morgan fingerprint density at radius 2 is 2.03 bits per heavy atom. The molecule has 0 saturated carbocycles. The van der Waals surface area contributed by atoms with E-state index in [1.54, 1.807) is 27.0 Å². The van der Waals surface area contributed by atoms with Crippen LogP contribution in [0.4, 0.5) is 10.6 Å². The van der Waals surface area contributed by atoms with Crippen molar-refractivity contribution in [1.82, 2.24) is 19.8 Å². The van der Waals surface area contributed by atoms with Crippen molar-refractivity contribution in [2.45, 2.75) is 84.8 Å². The molecule has 0 unspecified atom stereocenters. The normalized spacial score (nSPS) is 16.9. The summed E-state index contributed by atoms with van der Waals surface area (Å²) in [6.45, 7) is 11.0. The number of nitrogens with one attached hydrogen (secondary N) is 2. The van der Waals surface area contributed by atoms with Gasteiger partial charge in [-0.1, -0.05) is 29.8 Å². The molecule has 39 heavy (non-hydrogen) atoms. The Kier molecular flexibility index (Phi) is 7.24. The molecule has 4 heterocycles. The van der Waals surface area contributed by atoms with Gasteiger partial charge < -0.3 is 15.4 Å². The smallest absolute Gasteiger partial charge is 0.410 e. The Balaban J connectivity index is 1.22. The SMILES string of the molecule is Cc1cccc([C@@H](C)Nc2ncc3n(c2=O)[C@H](C(=O)NCc2cc4c(s2)CN(C(=O)OC(C)(C)C)C4)CC3)c1. The van der Waals surface area contributed by atoms with E-state index in [4.69, 9.17) is 4.74 Å². The quantitative estimate of drug-likeness (QED) is 0.456. The van der Waals surface area contributed by atoms with E-state index in [-0.39, 0.29) is 29.4 Å². The third-order valence-electron chi connectivity index (χ3n) is 6.99. The van der Waals surface area contributed by atoms with E-state index in [2.05, 4.69) is 21.7 Å². The zero-order valence-corrected chi connectivity index (χ0v) is 23.9. The molecule has 1 aromatic carbocycles. The highest BCUT2D eigenvalue weighted by Gasteiger charge is 2.32. The Morgan fingerprint density at radius 3 is 2.74 bits per heavy atom. The standard InChI is InChI=1S/C29H35N5O4S/c1-17-7-6-8-19(11-17)18(2)32-25-27(36)34-21(13-30-25)9-10-23(34)26(35)31-14-22-12-20-15-33(16-24(20)39-22)28(37)38-29(3,4)5/h6-8,11-13,18,23H,9-10,14-16H2,1-5H3,(H,30,32)(H,31,35)/t18-,23+/m1/s1. The first-order valence-electron chi connectivity index (χ1n) is 13.3. The summed E-state index contributed by atoms with van der Waals surface area (Å²) in [6.07, 6.45) is 2.57. The van der Waals surface area contributed by atoms with Crippen molar-refractivity contribution in [3.63, 3.8) is 0 Å². The molecule has 0 spiro atoms. The molecule has 5 rings (SSSR count). The fourth-order valence-corrected chi connectivity index (χ4v) is 6.22. The lowest BCUT2D eigenvalue weighted by atomic mass is 10.1. The van der Waals surface area contributed by atoms with Gasteiger partial charge in [-0.2, -0.15) is 0 Å². The van der Waals surface area contributed by atoms with E-state index in [0.717, 1.165) is 32.1 Å². The van der Waals surface area contributed by atoms with Gasteiger partial charge in [-0.05, 0) is 64.7 Å². The van der Waals surface area contributed by atoms with Crippen molar-refractivity contribution in [3.05, 3.63) is 79.0 Å². The molecule has 0 fully saturated rings. The number of hydrogen-bond acceptors (Lipinski definition) is 7. The maximum Gasteiger partial charge on any atom is 0.410 e. The molecule has 0 aliphatic carbocycles. The van der Waals surface area contributed by atoms with Gasteiger partial charge in [-0.25, -0.2) is 9.78 Å². The van der Waals surface area contributed by atoms with Crippen LogP contribution in [0.2, 0.25) is 0 Å². The number of nitrogens with zero attached hydrogens (tertiary/aromatic N) is 3. The Hall–Kier alpha value is -3.66. The van der Waals surface area contributed by atoms with E-state index in [1.165, 1.54) is 0 Å². The maximum absolute atomic E-state index is 13.4. The third-order valence-corrected chi connectivity index (χ3v) is 8.15. The molecule has 2 aliphatic rings. The number of carbonyl (C=O) groups is 2. The molecule has 10 heteroatoms. The maximum atomic E-state index is 13.4. The predicted molar refractivity (Wildman–Crippen MR) is 151 cm³/mol. The fraction of sp³-hybridized carbons (Fsp3) is 0.448. The topological polar surface area (TPSA) is 106 Å². The van der Waals surface area contributed by atoms with Gasteiger partial charge >= 0.3 is 6.09 Å². The molecule has 2 aliphatic heterocycles. The van der Waals surface area contributed by atoms with E-state index >= 15 is 0 Å². The molecule has 0 saturated heterocycles. The number of anilines is 1. The van der Waals surface area contributed by atoms with Crippen LogP contribution in [0.15, 0.2) is 41.3 Å². The van der Waals surface area contributed by atoms with Crippen LogP contribution in [0.3, 0.4) is 0 Å². The van der Waals surface area contributed by atoms with Crippen LogP contribution >= 0.6 is 11.3 Å². The number of aromatic nitrogens is 2. The highest BCUT2D eigenvalue weighted by molar-refractivity contribution is 7.12. The number of hydrogen-bond donors (Lipinski definition) is 2. The van der Waals surface area contributed by atoms with Gasteiger partial charge in [-0.15, -0.1) is 11.3 Å². The van der Waals surface area contributed by atoms with Gasteiger partial charge in [-0.3, -0.25) is 19.1 Å². The minimum absolute atomic E-state index is 0.107. The number of thiophene rings is 1. The van der Waals surface area contributed by atoms with Crippen LogP contribution in [-0.2, 0) is 35.6 Å². The van der Waals surface area contributed by atoms with Gasteiger partial charge in [0.15, 0.2) is 5.82 Å². The summed E-state index contributed by atoms with van der Waals surface area (Å²) in [7, 11) is 0. The Morgan fingerprint density at radius 1 is 1.23 bits per heavy atom. The van der Waals surface area contributed by atoms with Crippen LogP contribution in [0.5, 0.6) is 0 Å². The lowest BCUT2D eigenvalue weighted by Crippen LogP contribution is -2.36. The average molecular weight is 550 g/mol. The predicted octanol–water partition coefficient (Wildman–Crippen LogP) is 4.84. The van der Waals surface area contributed by atoms with Crippen LogP contribution in [-0.4, -0.2) is 32.1 Å². The fourth-order valence-electron chi connectivity index (χ4n) is 5.08. The van der Waals surface area contributed by atoms with Gasteiger partial charge in [0.25, 0.3) is 5.56 Å². The number of amides is 2. The lowest BCUT2D eigenvalue weighted by molar-refractivity contribution is -0.124. The number of rotatable bonds is 6. The van der Waals surface area contributed by atoms with Gasteiger partial charge in [0.1, 0.15) is 11.6 Å². The molecule has 2 N–H and O–H groups in total. The molecule has 2 atom stereocenters. The molecular weight excluding hydrogens is 514 g/mol. The van der Waals surface area contributed by atoms with Crippen molar-refractivity contribution >= 4 is 29.2 Å². The third kappa shape index (κ3) is 5.85. The van der Waals surface area contributed by atoms with Gasteiger partial charge in [0.2, 0.25) is 5.91 Å². The summed E-state index contributed by atoms with van der Waals surface area (Å²) in [4.78, 5) is 47.2. The highest BCUT2D eigenvalue weighted by atomic mass is 32.1. The summed E-state index contributed by atoms with van der Waals surface area (Å²) >= 11 is 1.59. The summed E-state index contributed by atoms with van der Waals surface area (Å²) in [5, 5.41) is 6.26. The minimum atomic E-state index is -0.570. The van der Waals surface area contributed by atoms with E-state index < -0.39 is 11.6 Å². The van der Waals surface area contributed by atoms with Crippen LogP contribution in [0.25, 0.3) is 0 Å². The summed E-state index contributed by atoms with van der Waals surface area (Å²) in [5.41, 5.74) is 3.26. The van der Waals surface area contributed by atoms with E-state index in [0.29, 0.717) is 32.5 Å². The van der Waals surface area contributed by atoms with Crippen molar-refractivity contribution in [2.24, 2.45) is 0 Å². The van der Waals surface area contributed by atoms with Crippen LogP contribution in [0.1, 0.15) is 78.3 Å². The van der Waals surface area contributed by atoms with Crippen molar-refractivity contribution in [1.29, 1.82) is 0 Å². The Labute approximate surface area is 232 Å². The zero-order chi connectivity index (χ0) is 27.9. The largest absolute Gasteiger partial charge is 0.444 e. The first-order chi connectivity index (χ1) is 18.5. The monoisotopic (exact) mass is 549 g/mol. The van der Waals surface area contributed by atoms with E-state index in [1.807, 2.05) is 58.9 Å². The molecule has 0 bridgehead atoms. The molecular formula is C29H35N5O4S. The van der Waals surface area contributed by atoms with Crippen LogP contribution < -0.4 is 16.2 Å². The Bertz CT molecular complexity index is 1450. The summed E-state index contributed by atoms with van der Waals surface area (Å²) < 4.78 is 7.07. The molecule has 2 aromatic heterocycles. The number of aryl methyl sites for hydroxylation is 2. The minimum Gasteiger partial charge on any atom is -0.444 e. The molecule has 9 nitrogen and oxygen atoms in total. The van der Waals surface area contributed by atoms with Gasteiger partial charge in [0.05, 0.1) is 25.7 Å². The van der Waals surface area contributed by atoms with Crippen molar-refractivity contribution in [2.75, 3.05) is 5.32 Å². The van der Waals surface area contributed by atoms with Crippen molar-refractivity contribution < 1.29 is 14.3 Å². The first-order valence-corrected chi connectivity index (χ1v) is 14.1. The number of benzene rings is 1. The molecule has 206 valence electrons. The number of ether oxygens (including phenoxy) is 1. The zero-order valence-electron chi connectivity index (χ0n) is 23.0. The second-order valence-corrected chi connectivity index (χ2v) is 12.5. The number of carbonyl (C=O) groups excluding carboxylic acids is 2. The van der Waals surface area contributed by atoms with Crippen LogP contribution in [0, 0.1) is 6.92 Å². The second kappa shape index (κ2) is 10.5. The summed E-state index contributed by atoms with van der Waals surface area (Å²) in [6, 6.07) is 9.48. The van der Waals surface area contributed by atoms with Gasteiger partial charge in [0, 0.05) is 21.6 Å². The second-order valence-electron chi connectivity index (χ2n) is 11.3. The lowest BCUT2D eigenvalue weighted by Gasteiger charge is -2.24.